The van der Waals surface area contributed by atoms with Crippen molar-refractivity contribution in [2.45, 2.75) is 25.4 Å². The van der Waals surface area contributed by atoms with Gasteiger partial charge in [0.2, 0.25) is 0 Å². The number of cyclic esters (lactones) is 1. The van der Waals surface area contributed by atoms with Gasteiger partial charge in [0.15, 0.2) is 0 Å². The quantitative estimate of drug-likeness (QED) is 0.870. The lowest BCUT2D eigenvalue weighted by Crippen LogP contribution is -2.22. The number of benzene rings is 1. The highest BCUT2D eigenvalue weighted by molar-refractivity contribution is 9.10. The van der Waals surface area contributed by atoms with E-state index in [9.17, 15) is 13.6 Å². The van der Waals surface area contributed by atoms with Gasteiger partial charge in [-0.15, -0.1) is 0 Å². The topological polar surface area (TPSA) is 38.3 Å². The van der Waals surface area contributed by atoms with E-state index in [4.69, 9.17) is 0 Å². The minimum atomic E-state index is -3.35. The van der Waals surface area contributed by atoms with E-state index in [0.29, 0.717) is 0 Å². The third kappa shape index (κ3) is 2.98. The molecule has 1 aromatic rings. The molecule has 98 valence electrons. The zero-order valence-electron chi connectivity index (χ0n) is 9.67. The van der Waals surface area contributed by atoms with Gasteiger partial charge in [0, 0.05) is 10.2 Å². The molecule has 0 saturated carbocycles. The lowest BCUT2D eigenvalue weighted by molar-refractivity contribution is -0.158. The number of hydrogen-bond donors (Lipinski definition) is 1. The number of anilines is 1. The van der Waals surface area contributed by atoms with E-state index in [-0.39, 0.29) is 6.54 Å². The van der Waals surface area contributed by atoms with E-state index < -0.39 is 24.4 Å². The minimum absolute atomic E-state index is 0.178. The first kappa shape index (κ1) is 13.3. The zero-order chi connectivity index (χ0) is 13.3. The third-order valence-electron chi connectivity index (χ3n) is 2.63. The van der Waals surface area contributed by atoms with Crippen LogP contribution in [-0.4, -0.2) is 24.5 Å². The van der Waals surface area contributed by atoms with E-state index in [1.165, 1.54) is 0 Å². The molecule has 2 rings (SSSR count). The Morgan fingerprint density at radius 1 is 1.50 bits per heavy atom. The standard InChI is InChI=1S/C12H12BrF2NO2/c1-7-2-8(13)4-9(3-7)16-6-10-5-12(14,15)11(17)18-10/h2-4,10,16H,5-6H2,1H3. The molecule has 0 bridgehead atoms. The molecule has 1 saturated heterocycles. The van der Waals surface area contributed by atoms with Crippen LogP contribution in [0.4, 0.5) is 14.5 Å². The molecule has 1 aliphatic heterocycles. The molecule has 1 unspecified atom stereocenters. The molecule has 18 heavy (non-hydrogen) atoms. The van der Waals surface area contributed by atoms with Gasteiger partial charge in [-0.05, 0) is 30.7 Å². The molecule has 0 amide bonds. The zero-order valence-corrected chi connectivity index (χ0v) is 11.3. The molecule has 0 radical (unpaired) electrons. The van der Waals surface area contributed by atoms with Crippen LogP contribution in [0.5, 0.6) is 0 Å². The van der Waals surface area contributed by atoms with E-state index in [1.807, 2.05) is 25.1 Å². The Hall–Kier alpha value is -1.17. The fraction of sp³-hybridized carbons (Fsp3) is 0.417. The normalized spacial score (nSPS) is 21.8. The summed E-state index contributed by atoms with van der Waals surface area (Å²) in [5, 5.41) is 2.99. The van der Waals surface area contributed by atoms with E-state index in [1.54, 1.807) is 0 Å². The van der Waals surface area contributed by atoms with E-state index in [2.05, 4.69) is 26.0 Å². The molecular formula is C12H12BrF2NO2. The monoisotopic (exact) mass is 319 g/mol. The molecule has 6 heteroatoms. The Kier molecular flexibility index (Phi) is 3.56. The Labute approximate surface area is 112 Å². The van der Waals surface area contributed by atoms with Crippen LogP contribution in [-0.2, 0) is 9.53 Å². The molecule has 1 N–H and O–H groups in total. The maximum atomic E-state index is 12.9. The summed E-state index contributed by atoms with van der Waals surface area (Å²) in [5.41, 5.74) is 1.84. The van der Waals surface area contributed by atoms with Gasteiger partial charge < -0.3 is 10.1 Å². The highest BCUT2D eigenvalue weighted by Crippen LogP contribution is 2.31. The summed E-state index contributed by atoms with van der Waals surface area (Å²) in [7, 11) is 0. The summed E-state index contributed by atoms with van der Waals surface area (Å²) < 4.78 is 31.4. The second kappa shape index (κ2) is 4.84. The lowest BCUT2D eigenvalue weighted by atomic mass is 10.2. The fourth-order valence-electron chi connectivity index (χ4n) is 1.83. The van der Waals surface area contributed by atoms with Crippen LogP contribution >= 0.6 is 15.9 Å². The first-order valence-corrected chi connectivity index (χ1v) is 6.26. The van der Waals surface area contributed by atoms with Crippen LogP contribution in [0.25, 0.3) is 0 Å². The number of rotatable bonds is 3. The van der Waals surface area contributed by atoms with Gasteiger partial charge >= 0.3 is 11.9 Å². The largest absolute Gasteiger partial charge is 0.456 e. The minimum Gasteiger partial charge on any atom is -0.456 e. The Morgan fingerprint density at radius 3 is 2.78 bits per heavy atom. The van der Waals surface area contributed by atoms with Gasteiger partial charge in [0.05, 0.1) is 13.0 Å². The first-order valence-electron chi connectivity index (χ1n) is 5.47. The molecular weight excluding hydrogens is 308 g/mol. The number of alkyl halides is 2. The van der Waals surface area contributed by atoms with Crippen molar-refractivity contribution in [1.29, 1.82) is 0 Å². The average molecular weight is 320 g/mol. The summed E-state index contributed by atoms with van der Waals surface area (Å²) in [6, 6.07) is 5.66. The number of ether oxygens (including phenoxy) is 1. The van der Waals surface area contributed by atoms with Crippen molar-refractivity contribution in [1.82, 2.24) is 0 Å². The van der Waals surface area contributed by atoms with Crippen LogP contribution in [0.3, 0.4) is 0 Å². The third-order valence-corrected chi connectivity index (χ3v) is 3.09. The molecule has 1 aliphatic rings. The summed E-state index contributed by atoms with van der Waals surface area (Å²) in [5.74, 6) is -4.78. The number of carbonyl (C=O) groups is 1. The highest BCUT2D eigenvalue weighted by Gasteiger charge is 2.50. The summed E-state index contributed by atoms with van der Waals surface area (Å²) >= 11 is 3.35. The van der Waals surface area contributed by atoms with E-state index in [0.717, 1.165) is 15.7 Å². The lowest BCUT2D eigenvalue weighted by Gasteiger charge is -2.12. The smallest absolute Gasteiger partial charge is 0.377 e. The van der Waals surface area contributed by atoms with Crippen molar-refractivity contribution < 1.29 is 18.3 Å². The van der Waals surface area contributed by atoms with Crippen LogP contribution in [0.15, 0.2) is 22.7 Å². The molecule has 1 heterocycles. The number of halogens is 3. The maximum Gasteiger partial charge on any atom is 0.377 e. The van der Waals surface area contributed by atoms with Crippen molar-refractivity contribution in [3.8, 4) is 0 Å². The molecule has 1 aromatic carbocycles. The van der Waals surface area contributed by atoms with Crippen LogP contribution in [0.2, 0.25) is 0 Å². The Balaban J connectivity index is 1.95. The second-order valence-corrected chi connectivity index (χ2v) is 5.25. The van der Waals surface area contributed by atoms with Crippen molar-refractivity contribution in [3.63, 3.8) is 0 Å². The average Bonchev–Trinajstić information content (AvgIpc) is 2.49. The predicted molar refractivity (Wildman–Crippen MR) is 66.8 cm³/mol. The van der Waals surface area contributed by atoms with Gasteiger partial charge in [-0.2, -0.15) is 8.78 Å². The summed E-state index contributed by atoms with van der Waals surface area (Å²) in [6.07, 6.45) is -1.35. The molecule has 1 atom stereocenters. The first-order chi connectivity index (χ1) is 8.37. The Morgan fingerprint density at radius 2 is 2.22 bits per heavy atom. The van der Waals surface area contributed by atoms with Crippen LogP contribution in [0.1, 0.15) is 12.0 Å². The van der Waals surface area contributed by atoms with Crippen molar-refractivity contribution in [2.24, 2.45) is 0 Å². The fourth-order valence-corrected chi connectivity index (χ4v) is 2.44. The number of aryl methyl sites for hydroxylation is 1. The van der Waals surface area contributed by atoms with Crippen molar-refractivity contribution in [3.05, 3.63) is 28.2 Å². The molecule has 1 fully saturated rings. The number of esters is 1. The van der Waals surface area contributed by atoms with Gasteiger partial charge in [-0.3, -0.25) is 0 Å². The predicted octanol–water partition coefficient (Wildman–Crippen LogP) is 3.12. The molecule has 0 spiro atoms. The molecule has 0 aromatic heterocycles. The van der Waals surface area contributed by atoms with E-state index >= 15 is 0 Å². The molecule has 3 nitrogen and oxygen atoms in total. The second-order valence-electron chi connectivity index (χ2n) is 4.33. The van der Waals surface area contributed by atoms with Crippen LogP contribution in [0, 0.1) is 6.92 Å². The number of carbonyl (C=O) groups excluding carboxylic acids is 1. The van der Waals surface area contributed by atoms with Crippen LogP contribution < -0.4 is 5.32 Å². The van der Waals surface area contributed by atoms with Crippen molar-refractivity contribution in [2.75, 3.05) is 11.9 Å². The van der Waals surface area contributed by atoms with Gasteiger partial charge in [0.1, 0.15) is 6.10 Å². The summed E-state index contributed by atoms with van der Waals surface area (Å²) in [6.45, 7) is 2.11. The van der Waals surface area contributed by atoms with Gasteiger partial charge in [-0.25, -0.2) is 4.79 Å². The Bertz CT molecular complexity index is 459. The number of nitrogens with one attached hydrogen (secondary N) is 1. The summed E-state index contributed by atoms with van der Waals surface area (Å²) in [4.78, 5) is 10.8. The SMILES string of the molecule is Cc1cc(Br)cc(NCC2CC(F)(F)C(=O)O2)c1. The van der Waals surface area contributed by atoms with Crippen molar-refractivity contribution >= 4 is 27.6 Å². The van der Waals surface area contributed by atoms with Gasteiger partial charge in [-0.1, -0.05) is 15.9 Å². The number of hydrogen-bond acceptors (Lipinski definition) is 3. The van der Waals surface area contributed by atoms with Gasteiger partial charge in [0.25, 0.3) is 0 Å². The maximum absolute atomic E-state index is 12.9. The highest BCUT2D eigenvalue weighted by atomic mass is 79.9. The molecule has 0 aliphatic carbocycles.